The summed E-state index contributed by atoms with van der Waals surface area (Å²) in [7, 11) is 0. The molecule has 2 amide bonds. The second-order valence-electron chi connectivity index (χ2n) is 5.35. The first-order chi connectivity index (χ1) is 6.38. The maximum Gasteiger partial charge on any atom is 0.317 e. The molecule has 3 nitrogen and oxygen atoms in total. The predicted molar refractivity (Wildman–Crippen MR) is 58.3 cm³/mol. The van der Waals surface area contributed by atoms with Crippen molar-refractivity contribution in [2.45, 2.75) is 46.1 Å². The molecule has 0 bridgehead atoms. The van der Waals surface area contributed by atoms with E-state index in [0.717, 1.165) is 31.8 Å². The van der Waals surface area contributed by atoms with E-state index in [1.54, 1.807) is 0 Å². The summed E-state index contributed by atoms with van der Waals surface area (Å²) in [4.78, 5) is 13.7. The molecular formula is C11H22N2O. The Morgan fingerprint density at radius 1 is 1.29 bits per heavy atom. The third-order valence-electron chi connectivity index (χ3n) is 2.55. The Bertz CT molecular complexity index is 200. The molecule has 82 valence electrons. The van der Waals surface area contributed by atoms with Gasteiger partial charge in [0.2, 0.25) is 0 Å². The molecule has 1 N–H and O–H groups in total. The fourth-order valence-corrected chi connectivity index (χ4v) is 1.61. The number of amides is 2. The molecule has 1 fully saturated rings. The minimum atomic E-state index is -0.125. The van der Waals surface area contributed by atoms with Gasteiger partial charge in [-0.1, -0.05) is 6.92 Å². The van der Waals surface area contributed by atoms with Crippen LogP contribution in [0.4, 0.5) is 4.79 Å². The summed E-state index contributed by atoms with van der Waals surface area (Å²) < 4.78 is 0. The summed E-state index contributed by atoms with van der Waals surface area (Å²) in [5, 5.41) is 2.99. The molecule has 0 aliphatic carbocycles. The Balaban J connectivity index is 2.38. The molecule has 0 saturated carbocycles. The number of carbonyl (C=O) groups is 1. The Morgan fingerprint density at radius 3 is 2.21 bits per heavy atom. The van der Waals surface area contributed by atoms with Crippen LogP contribution in [0.15, 0.2) is 0 Å². The third kappa shape index (κ3) is 3.56. The number of rotatable bonds is 0. The molecular weight excluding hydrogens is 176 g/mol. The van der Waals surface area contributed by atoms with Gasteiger partial charge in [-0.2, -0.15) is 0 Å². The van der Waals surface area contributed by atoms with E-state index in [4.69, 9.17) is 0 Å². The second-order valence-corrected chi connectivity index (χ2v) is 5.35. The molecule has 1 aliphatic heterocycles. The molecule has 0 spiro atoms. The molecule has 14 heavy (non-hydrogen) atoms. The van der Waals surface area contributed by atoms with Crippen molar-refractivity contribution in [3.8, 4) is 0 Å². The van der Waals surface area contributed by atoms with Gasteiger partial charge in [0.15, 0.2) is 0 Å². The van der Waals surface area contributed by atoms with Crippen LogP contribution in [-0.2, 0) is 0 Å². The second kappa shape index (κ2) is 4.20. The summed E-state index contributed by atoms with van der Waals surface area (Å²) in [6.45, 7) is 10.1. The molecule has 1 aliphatic rings. The maximum absolute atomic E-state index is 11.7. The number of nitrogens with one attached hydrogen (secondary N) is 1. The molecule has 0 atom stereocenters. The van der Waals surface area contributed by atoms with Crippen LogP contribution in [-0.4, -0.2) is 29.6 Å². The number of hydrogen-bond acceptors (Lipinski definition) is 1. The quantitative estimate of drug-likeness (QED) is 0.636. The molecule has 1 rings (SSSR count). The van der Waals surface area contributed by atoms with Gasteiger partial charge in [-0.25, -0.2) is 4.79 Å². The Morgan fingerprint density at radius 2 is 1.79 bits per heavy atom. The summed E-state index contributed by atoms with van der Waals surface area (Å²) in [6, 6.07) is 0.0874. The van der Waals surface area contributed by atoms with E-state index in [0.29, 0.717) is 0 Å². The van der Waals surface area contributed by atoms with E-state index in [1.165, 1.54) is 0 Å². The van der Waals surface area contributed by atoms with Gasteiger partial charge in [-0.15, -0.1) is 0 Å². The number of piperidine rings is 1. The van der Waals surface area contributed by atoms with Crippen LogP contribution in [0.25, 0.3) is 0 Å². The number of carbonyl (C=O) groups excluding carboxylic acids is 1. The molecule has 0 aromatic rings. The topological polar surface area (TPSA) is 32.3 Å². The predicted octanol–water partition coefficient (Wildman–Crippen LogP) is 2.23. The first kappa shape index (κ1) is 11.3. The van der Waals surface area contributed by atoms with Crippen molar-refractivity contribution in [2.75, 3.05) is 13.1 Å². The fourth-order valence-electron chi connectivity index (χ4n) is 1.61. The van der Waals surface area contributed by atoms with Gasteiger partial charge in [-0.3, -0.25) is 0 Å². The average molecular weight is 198 g/mol. The molecule has 0 radical (unpaired) electrons. The van der Waals surface area contributed by atoms with Crippen molar-refractivity contribution in [3.05, 3.63) is 0 Å². The van der Waals surface area contributed by atoms with Crippen molar-refractivity contribution in [3.63, 3.8) is 0 Å². The lowest BCUT2D eigenvalue weighted by Gasteiger charge is -2.33. The summed E-state index contributed by atoms with van der Waals surface area (Å²) in [6.07, 6.45) is 2.27. The molecule has 1 heterocycles. The van der Waals surface area contributed by atoms with E-state index < -0.39 is 0 Å². The highest BCUT2D eigenvalue weighted by molar-refractivity contribution is 5.75. The standard InChI is InChI=1S/C11H22N2O/c1-9-5-7-13(8-6-9)10(14)12-11(2,3)4/h9H,5-8H2,1-4H3,(H,12,14). The monoisotopic (exact) mass is 198 g/mol. The van der Waals surface area contributed by atoms with Crippen LogP contribution in [0.3, 0.4) is 0 Å². The lowest BCUT2D eigenvalue weighted by atomic mass is 9.99. The van der Waals surface area contributed by atoms with Crippen molar-refractivity contribution >= 4 is 6.03 Å². The van der Waals surface area contributed by atoms with Crippen molar-refractivity contribution in [1.82, 2.24) is 10.2 Å². The molecule has 0 aromatic carbocycles. The van der Waals surface area contributed by atoms with Gasteiger partial charge in [0.05, 0.1) is 0 Å². The highest BCUT2D eigenvalue weighted by Crippen LogP contribution is 2.16. The zero-order valence-corrected chi connectivity index (χ0v) is 9.76. The minimum Gasteiger partial charge on any atom is -0.333 e. The van der Waals surface area contributed by atoms with E-state index in [1.807, 2.05) is 25.7 Å². The molecule has 0 aromatic heterocycles. The van der Waals surface area contributed by atoms with Crippen LogP contribution >= 0.6 is 0 Å². The Labute approximate surface area is 86.9 Å². The molecule has 1 saturated heterocycles. The summed E-state index contributed by atoms with van der Waals surface area (Å²) in [5.74, 6) is 0.772. The fraction of sp³-hybridized carbons (Fsp3) is 0.909. The average Bonchev–Trinajstić information content (AvgIpc) is 2.02. The number of hydrogen-bond donors (Lipinski definition) is 1. The zero-order valence-electron chi connectivity index (χ0n) is 9.76. The van der Waals surface area contributed by atoms with E-state index in [9.17, 15) is 4.79 Å². The first-order valence-electron chi connectivity index (χ1n) is 5.45. The first-order valence-corrected chi connectivity index (χ1v) is 5.45. The number of likely N-dealkylation sites (tertiary alicyclic amines) is 1. The van der Waals surface area contributed by atoms with Crippen molar-refractivity contribution in [2.24, 2.45) is 5.92 Å². The van der Waals surface area contributed by atoms with Gasteiger partial charge >= 0.3 is 6.03 Å². The number of nitrogens with zero attached hydrogens (tertiary/aromatic N) is 1. The van der Waals surface area contributed by atoms with Crippen LogP contribution < -0.4 is 5.32 Å². The minimum absolute atomic E-state index is 0.0874. The lowest BCUT2D eigenvalue weighted by Crippen LogP contribution is -2.50. The van der Waals surface area contributed by atoms with Gasteiger partial charge in [-0.05, 0) is 39.5 Å². The van der Waals surface area contributed by atoms with Crippen molar-refractivity contribution in [1.29, 1.82) is 0 Å². The number of urea groups is 1. The van der Waals surface area contributed by atoms with Crippen LogP contribution in [0, 0.1) is 5.92 Å². The van der Waals surface area contributed by atoms with Crippen LogP contribution in [0.2, 0.25) is 0 Å². The van der Waals surface area contributed by atoms with Gasteiger partial charge in [0.1, 0.15) is 0 Å². The van der Waals surface area contributed by atoms with E-state index in [-0.39, 0.29) is 11.6 Å². The van der Waals surface area contributed by atoms with Gasteiger partial charge in [0, 0.05) is 18.6 Å². The lowest BCUT2D eigenvalue weighted by molar-refractivity contribution is 0.166. The normalized spacial score (nSPS) is 19.6. The van der Waals surface area contributed by atoms with Crippen LogP contribution in [0.1, 0.15) is 40.5 Å². The van der Waals surface area contributed by atoms with Gasteiger partial charge < -0.3 is 10.2 Å². The smallest absolute Gasteiger partial charge is 0.317 e. The van der Waals surface area contributed by atoms with E-state index in [2.05, 4.69) is 12.2 Å². The van der Waals surface area contributed by atoms with Crippen molar-refractivity contribution < 1.29 is 4.79 Å². The zero-order chi connectivity index (χ0) is 10.8. The SMILES string of the molecule is CC1CCN(C(=O)NC(C)(C)C)CC1. The van der Waals surface area contributed by atoms with Gasteiger partial charge in [0.25, 0.3) is 0 Å². The van der Waals surface area contributed by atoms with Crippen LogP contribution in [0.5, 0.6) is 0 Å². The highest BCUT2D eigenvalue weighted by Gasteiger charge is 2.23. The Hall–Kier alpha value is -0.730. The summed E-state index contributed by atoms with van der Waals surface area (Å²) in [5.41, 5.74) is -0.125. The Kier molecular flexibility index (Phi) is 3.40. The summed E-state index contributed by atoms with van der Waals surface area (Å²) >= 11 is 0. The highest BCUT2D eigenvalue weighted by atomic mass is 16.2. The molecule has 0 unspecified atom stereocenters. The molecule has 3 heteroatoms. The third-order valence-corrected chi connectivity index (χ3v) is 2.55. The largest absolute Gasteiger partial charge is 0.333 e. The van der Waals surface area contributed by atoms with E-state index >= 15 is 0 Å². The maximum atomic E-state index is 11.7.